The number of halogens is 4. The zero-order chi connectivity index (χ0) is 38.9. The Hall–Kier alpha value is -6.20. The maximum absolute atomic E-state index is 15.3. The number of aliphatic carboxylic acids is 1. The third kappa shape index (κ3) is 7.91. The van der Waals surface area contributed by atoms with Gasteiger partial charge in [0.15, 0.2) is 9.84 Å². The molecular weight excluding hydrogens is 753 g/mol. The Morgan fingerprint density at radius 1 is 0.778 bits per heavy atom. The van der Waals surface area contributed by atoms with Gasteiger partial charge in [-0.3, -0.25) is 14.5 Å². The fraction of sp³-hybridized carbons (Fsp3) is 0.0811. The summed E-state index contributed by atoms with van der Waals surface area (Å²) < 4.78 is 111. The number of nitrogens with one attached hydrogen (secondary N) is 2. The van der Waals surface area contributed by atoms with Gasteiger partial charge in [-0.1, -0.05) is 36.4 Å². The van der Waals surface area contributed by atoms with E-state index in [0.29, 0.717) is 39.8 Å². The predicted octanol–water partition coefficient (Wildman–Crippen LogP) is 6.15. The van der Waals surface area contributed by atoms with Gasteiger partial charge in [-0.05, 0) is 65.2 Å². The molecule has 0 saturated carbocycles. The van der Waals surface area contributed by atoms with Gasteiger partial charge in [-0.15, -0.1) is 0 Å². The van der Waals surface area contributed by atoms with E-state index in [-0.39, 0.29) is 20.9 Å². The summed E-state index contributed by atoms with van der Waals surface area (Å²) in [6.07, 6.45) is 3.15. The van der Waals surface area contributed by atoms with Crippen LogP contribution in [0.2, 0.25) is 0 Å². The summed E-state index contributed by atoms with van der Waals surface area (Å²) in [6, 6.07) is 16.5. The molecule has 276 valence electrons. The van der Waals surface area contributed by atoms with Gasteiger partial charge >= 0.3 is 5.97 Å². The zero-order valence-electron chi connectivity index (χ0n) is 27.7. The molecule has 2 aromatic heterocycles. The van der Waals surface area contributed by atoms with Crippen molar-refractivity contribution in [1.29, 1.82) is 0 Å². The molecular formula is C37H26F4N4O7S2. The lowest BCUT2D eigenvalue weighted by Crippen LogP contribution is -2.43. The van der Waals surface area contributed by atoms with Crippen molar-refractivity contribution < 1.29 is 49.1 Å². The highest BCUT2D eigenvalue weighted by atomic mass is 32.2. The molecule has 17 heteroatoms. The Balaban J connectivity index is 1.23. The number of sulfone groups is 1. The fourth-order valence-electron chi connectivity index (χ4n) is 5.77. The first kappa shape index (κ1) is 37.6. The quantitative estimate of drug-likeness (QED) is 0.103. The number of aromatic nitrogens is 2. The molecule has 6 aromatic rings. The van der Waals surface area contributed by atoms with Crippen molar-refractivity contribution in [2.45, 2.75) is 22.3 Å². The molecule has 1 amide bonds. The van der Waals surface area contributed by atoms with Crippen LogP contribution in [0.1, 0.15) is 15.9 Å². The highest BCUT2D eigenvalue weighted by Crippen LogP contribution is 2.35. The summed E-state index contributed by atoms with van der Waals surface area (Å²) in [7, 11) is -8.30. The van der Waals surface area contributed by atoms with Crippen LogP contribution in [0, 0.1) is 23.4 Å². The summed E-state index contributed by atoms with van der Waals surface area (Å²) in [4.78, 5) is 32.6. The van der Waals surface area contributed by atoms with Crippen LogP contribution in [0.15, 0.2) is 113 Å². The summed E-state index contributed by atoms with van der Waals surface area (Å²) >= 11 is 0. The lowest BCUT2D eigenvalue weighted by Gasteiger charge is -2.18. The molecule has 1 unspecified atom stereocenters. The maximum Gasteiger partial charge on any atom is 0.326 e. The number of sulfonamides is 1. The van der Waals surface area contributed by atoms with E-state index in [1.165, 1.54) is 67.0 Å². The number of hydrogen-bond acceptors (Lipinski definition) is 8. The summed E-state index contributed by atoms with van der Waals surface area (Å²) in [5, 5.41) is 12.4. The van der Waals surface area contributed by atoms with Crippen molar-refractivity contribution in [3.63, 3.8) is 0 Å². The third-order valence-electron chi connectivity index (χ3n) is 8.27. The molecule has 3 N–H and O–H groups in total. The molecule has 0 saturated heterocycles. The number of carbonyl (C=O) groups excluding carboxylic acids is 1. The second-order valence-electron chi connectivity index (χ2n) is 12.0. The first-order valence-electron chi connectivity index (χ1n) is 15.7. The number of fused-ring (bicyclic) bond motifs is 1. The van der Waals surface area contributed by atoms with E-state index in [4.69, 9.17) is 0 Å². The number of carboxylic acid groups (broad SMARTS) is 1. The standard InChI is InChI=1S/C37H26F4N4O7S2/c1-53(49,50)32-17-23(38)7-11-27(32)28-10-6-22(26-3-2-13-43-35(26)28)15-31(37(47)48)44-36(46)34-29(39)18-24(19-30(34)40)45-54(51,52)25-8-4-20(5-9-25)21-12-14-42-33(41)16-21/h2-14,16-19,31,45H,15H2,1H3,(H,44,46)(H,47,48). The van der Waals surface area contributed by atoms with E-state index >= 15 is 8.78 Å². The van der Waals surface area contributed by atoms with Gasteiger partial charge < -0.3 is 10.4 Å². The molecule has 54 heavy (non-hydrogen) atoms. The normalized spacial score (nSPS) is 12.3. The number of nitrogens with zero attached hydrogens (tertiary/aromatic N) is 2. The third-order valence-corrected chi connectivity index (χ3v) is 10.8. The molecule has 0 fully saturated rings. The van der Waals surface area contributed by atoms with Crippen LogP contribution >= 0.6 is 0 Å². The molecule has 0 aliphatic heterocycles. The molecule has 0 radical (unpaired) electrons. The van der Waals surface area contributed by atoms with Gasteiger partial charge in [0.1, 0.15) is 29.1 Å². The number of benzene rings is 4. The average Bonchev–Trinajstić information content (AvgIpc) is 3.10. The summed E-state index contributed by atoms with van der Waals surface area (Å²) in [5.41, 5.74) is 0.131. The van der Waals surface area contributed by atoms with E-state index in [2.05, 4.69) is 15.3 Å². The van der Waals surface area contributed by atoms with Gasteiger partial charge in [-0.25, -0.2) is 39.8 Å². The van der Waals surface area contributed by atoms with E-state index in [9.17, 15) is 40.3 Å². The molecule has 0 bridgehead atoms. The summed E-state index contributed by atoms with van der Waals surface area (Å²) in [6.45, 7) is 0. The van der Waals surface area contributed by atoms with E-state index in [1.54, 1.807) is 6.07 Å². The molecule has 0 aliphatic carbocycles. The minimum absolute atomic E-state index is 0.144. The van der Waals surface area contributed by atoms with Crippen LogP contribution in [-0.4, -0.2) is 56.1 Å². The molecule has 0 spiro atoms. The van der Waals surface area contributed by atoms with E-state index in [1.807, 2.05) is 4.72 Å². The van der Waals surface area contributed by atoms with Crippen molar-refractivity contribution in [1.82, 2.24) is 15.3 Å². The topological polar surface area (TPSA) is 172 Å². The molecule has 1 atom stereocenters. The van der Waals surface area contributed by atoms with Gasteiger partial charge in [0.2, 0.25) is 5.95 Å². The van der Waals surface area contributed by atoms with Gasteiger partial charge in [-0.2, -0.15) is 4.39 Å². The summed E-state index contributed by atoms with van der Waals surface area (Å²) in [5.74, 6) is -7.51. The van der Waals surface area contributed by atoms with Crippen molar-refractivity contribution in [2.75, 3.05) is 11.0 Å². The number of hydrogen-bond donors (Lipinski definition) is 3. The second kappa shape index (κ2) is 14.7. The predicted molar refractivity (Wildman–Crippen MR) is 190 cm³/mol. The second-order valence-corrected chi connectivity index (χ2v) is 15.6. The molecule has 11 nitrogen and oxygen atoms in total. The monoisotopic (exact) mass is 778 g/mol. The number of anilines is 1. The van der Waals surface area contributed by atoms with Crippen molar-refractivity contribution in [2.24, 2.45) is 0 Å². The molecule has 6 rings (SSSR count). The van der Waals surface area contributed by atoms with Crippen LogP contribution in [0.5, 0.6) is 0 Å². The number of pyridine rings is 2. The Labute approximate surface area is 305 Å². The number of amides is 1. The molecule has 4 aromatic carbocycles. The largest absolute Gasteiger partial charge is 0.480 e. The molecule has 2 heterocycles. The Kier molecular flexibility index (Phi) is 10.2. The van der Waals surface area contributed by atoms with Crippen molar-refractivity contribution in [3.05, 3.63) is 138 Å². The average molecular weight is 779 g/mol. The van der Waals surface area contributed by atoms with Crippen LogP contribution < -0.4 is 10.0 Å². The highest BCUT2D eigenvalue weighted by molar-refractivity contribution is 7.92. The Morgan fingerprint density at radius 3 is 2.11 bits per heavy atom. The number of carbonyl (C=O) groups is 2. The maximum atomic E-state index is 15.3. The van der Waals surface area contributed by atoms with Crippen LogP contribution in [0.25, 0.3) is 33.2 Å². The van der Waals surface area contributed by atoms with Gasteiger partial charge in [0, 0.05) is 47.6 Å². The highest BCUT2D eigenvalue weighted by Gasteiger charge is 2.28. The van der Waals surface area contributed by atoms with Gasteiger partial charge in [0.05, 0.1) is 21.0 Å². The molecule has 0 aliphatic rings. The van der Waals surface area contributed by atoms with Gasteiger partial charge in [0.25, 0.3) is 15.9 Å². The smallest absolute Gasteiger partial charge is 0.326 e. The fourth-order valence-corrected chi connectivity index (χ4v) is 7.72. The lowest BCUT2D eigenvalue weighted by molar-refractivity contribution is -0.139. The number of rotatable bonds is 11. The Bertz CT molecular complexity index is 2670. The first-order chi connectivity index (χ1) is 25.5. The van der Waals surface area contributed by atoms with E-state index in [0.717, 1.165) is 24.5 Å². The van der Waals surface area contributed by atoms with Crippen molar-refractivity contribution >= 4 is 48.3 Å². The zero-order valence-corrected chi connectivity index (χ0v) is 29.4. The SMILES string of the molecule is CS(=O)(=O)c1cc(F)ccc1-c1ccc(CC(NC(=O)c2c(F)cc(NS(=O)(=O)c3ccc(-c4ccnc(F)c4)cc3)cc2F)C(=O)O)c2cccnc12. The van der Waals surface area contributed by atoms with Crippen LogP contribution in [0.3, 0.4) is 0 Å². The first-order valence-corrected chi connectivity index (χ1v) is 19.0. The number of carboxylic acids is 1. The van der Waals surface area contributed by atoms with Crippen molar-refractivity contribution in [3.8, 4) is 22.3 Å². The van der Waals surface area contributed by atoms with E-state index < -0.39 is 78.8 Å². The van der Waals surface area contributed by atoms with Crippen LogP contribution in [-0.2, 0) is 31.1 Å². The lowest BCUT2D eigenvalue weighted by atomic mass is 9.95. The minimum Gasteiger partial charge on any atom is -0.480 e. The van der Waals surface area contributed by atoms with Crippen LogP contribution in [0.4, 0.5) is 23.2 Å². The minimum atomic E-state index is -4.40. The Morgan fingerprint density at radius 2 is 1.46 bits per heavy atom.